The van der Waals surface area contributed by atoms with E-state index in [4.69, 9.17) is 0 Å². The predicted octanol–water partition coefficient (Wildman–Crippen LogP) is 2.16. The molecule has 15 heavy (non-hydrogen) atoms. The van der Waals surface area contributed by atoms with Crippen LogP contribution < -0.4 is 5.32 Å². The van der Waals surface area contributed by atoms with Gasteiger partial charge in [0.2, 0.25) is 0 Å². The fraction of sp³-hybridized carbons (Fsp3) is 1.00. The molecule has 2 saturated heterocycles. The Kier molecular flexibility index (Phi) is 3.62. The number of aliphatic hydroxyl groups is 1. The van der Waals surface area contributed by atoms with Gasteiger partial charge in [0, 0.05) is 12.1 Å². The first-order chi connectivity index (χ1) is 7.22. The first-order valence-electron chi connectivity index (χ1n) is 6.26. The summed E-state index contributed by atoms with van der Waals surface area (Å²) in [4.78, 5) is 0. The third-order valence-electron chi connectivity index (χ3n) is 3.86. The fourth-order valence-corrected chi connectivity index (χ4v) is 3.19. The van der Waals surface area contributed by atoms with E-state index in [1.807, 2.05) is 0 Å². The van der Waals surface area contributed by atoms with E-state index in [2.05, 4.69) is 5.32 Å². The monoisotopic (exact) mass is 215 g/mol. The Hall–Kier alpha value is -0.150. The van der Waals surface area contributed by atoms with E-state index in [1.54, 1.807) is 0 Å². The lowest BCUT2D eigenvalue weighted by molar-refractivity contribution is -0.0388. The van der Waals surface area contributed by atoms with Gasteiger partial charge in [0.05, 0.1) is 12.3 Å². The standard InChI is InChI=1S/C12H22FNO/c13-7-2-1-6-12(15)8-10-4-3-5-11(9-12)14-10/h10-11,14-15H,1-9H2. The van der Waals surface area contributed by atoms with Crippen LogP contribution in [-0.2, 0) is 0 Å². The average Bonchev–Trinajstić information content (AvgIpc) is 2.17. The van der Waals surface area contributed by atoms with E-state index in [0.717, 1.165) is 25.7 Å². The summed E-state index contributed by atoms with van der Waals surface area (Å²) in [6.07, 6.45) is 7.64. The largest absolute Gasteiger partial charge is 0.390 e. The molecule has 88 valence electrons. The first-order valence-corrected chi connectivity index (χ1v) is 6.26. The molecule has 2 bridgehead atoms. The number of rotatable bonds is 4. The molecule has 0 aliphatic carbocycles. The van der Waals surface area contributed by atoms with Crippen molar-refractivity contribution in [3.63, 3.8) is 0 Å². The van der Waals surface area contributed by atoms with Crippen molar-refractivity contribution in [2.75, 3.05) is 6.67 Å². The van der Waals surface area contributed by atoms with Gasteiger partial charge in [-0.2, -0.15) is 0 Å². The van der Waals surface area contributed by atoms with Crippen molar-refractivity contribution < 1.29 is 9.50 Å². The number of unbranched alkanes of at least 4 members (excludes halogenated alkanes) is 1. The number of halogens is 1. The van der Waals surface area contributed by atoms with Crippen molar-refractivity contribution in [3.05, 3.63) is 0 Å². The third-order valence-corrected chi connectivity index (χ3v) is 3.86. The summed E-state index contributed by atoms with van der Waals surface area (Å²) in [5.41, 5.74) is -0.504. The van der Waals surface area contributed by atoms with Gasteiger partial charge in [-0.15, -0.1) is 0 Å². The molecule has 2 fully saturated rings. The van der Waals surface area contributed by atoms with Crippen molar-refractivity contribution in [1.82, 2.24) is 5.32 Å². The van der Waals surface area contributed by atoms with Gasteiger partial charge in [0.1, 0.15) is 0 Å². The Morgan fingerprint density at radius 1 is 1.20 bits per heavy atom. The minimum atomic E-state index is -0.504. The number of piperidine rings is 2. The molecule has 2 rings (SSSR count). The molecule has 2 heterocycles. The highest BCUT2D eigenvalue weighted by Crippen LogP contribution is 2.35. The minimum absolute atomic E-state index is 0.249. The zero-order chi connectivity index (χ0) is 10.7. The maximum atomic E-state index is 12.0. The second-order valence-corrected chi connectivity index (χ2v) is 5.27. The smallest absolute Gasteiger partial charge is 0.0894 e. The Morgan fingerprint density at radius 2 is 1.87 bits per heavy atom. The van der Waals surface area contributed by atoms with Crippen LogP contribution in [0, 0.1) is 0 Å². The molecule has 2 aliphatic heterocycles. The second kappa shape index (κ2) is 4.79. The van der Waals surface area contributed by atoms with Crippen LogP contribution in [0.2, 0.25) is 0 Å². The lowest BCUT2D eigenvalue weighted by atomic mass is 9.75. The van der Waals surface area contributed by atoms with E-state index < -0.39 is 5.60 Å². The van der Waals surface area contributed by atoms with Crippen molar-refractivity contribution in [3.8, 4) is 0 Å². The average molecular weight is 215 g/mol. The lowest BCUT2D eigenvalue weighted by Crippen LogP contribution is -2.55. The van der Waals surface area contributed by atoms with E-state index in [-0.39, 0.29) is 6.67 Å². The normalized spacial score (nSPS) is 40.4. The molecule has 0 aromatic rings. The van der Waals surface area contributed by atoms with Crippen LogP contribution in [0.4, 0.5) is 4.39 Å². The van der Waals surface area contributed by atoms with Crippen molar-refractivity contribution >= 4 is 0 Å². The van der Waals surface area contributed by atoms with Crippen molar-refractivity contribution in [2.45, 2.75) is 69.1 Å². The molecule has 2 nitrogen and oxygen atoms in total. The van der Waals surface area contributed by atoms with Crippen LogP contribution in [0.15, 0.2) is 0 Å². The van der Waals surface area contributed by atoms with Crippen LogP contribution >= 0.6 is 0 Å². The van der Waals surface area contributed by atoms with Gasteiger partial charge in [-0.3, -0.25) is 4.39 Å². The molecule has 0 amide bonds. The predicted molar refractivity (Wildman–Crippen MR) is 58.6 cm³/mol. The summed E-state index contributed by atoms with van der Waals surface area (Å²) in [5, 5.41) is 14.0. The van der Waals surface area contributed by atoms with Crippen LogP contribution in [0.25, 0.3) is 0 Å². The maximum absolute atomic E-state index is 12.0. The Morgan fingerprint density at radius 3 is 2.47 bits per heavy atom. The number of fused-ring (bicyclic) bond motifs is 2. The molecule has 2 aliphatic rings. The number of hydrogen-bond donors (Lipinski definition) is 2. The van der Waals surface area contributed by atoms with Crippen LogP contribution in [0.1, 0.15) is 51.4 Å². The highest BCUT2D eigenvalue weighted by atomic mass is 19.1. The quantitative estimate of drug-likeness (QED) is 0.704. The number of alkyl halides is 1. The summed E-state index contributed by atoms with van der Waals surface area (Å²) >= 11 is 0. The highest BCUT2D eigenvalue weighted by molar-refractivity contribution is 4.97. The summed E-state index contributed by atoms with van der Waals surface area (Å²) in [7, 11) is 0. The fourth-order valence-electron chi connectivity index (χ4n) is 3.19. The van der Waals surface area contributed by atoms with Gasteiger partial charge >= 0.3 is 0 Å². The molecule has 0 aromatic carbocycles. The van der Waals surface area contributed by atoms with Gasteiger partial charge in [-0.05, 0) is 44.9 Å². The summed E-state index contributed by atoms with van der Waals surface area (Å²) in [6.45, 7) is -0.249. The van der Waals surface area contributed by atoms with Crippen LogP contribution in [0.5, 0.6) is 0 Å². The van der Waals surface area contributed by atoms with E-state index >= 15 is 0 Å². The van der Waals surface area contributed by atoms with E-state index in [1.165, 1.54) is 19.3 Å². The topological polar surface area (TPSA) is 32.3 Å². The van der Waals surface area contributed by atoms with Gasteiger partial charge in [0.15, 0.2) is 0 Å². The summed E-state index contributed by atoms with van der Waals surface area (Å²) in [6, 6.07) is 1.01. The maximum Gasteiger partial charge on any atom is 0.0894 e. The van der Waals surface area contributed by atoms with Crippen molar-refractivity contribution in [2.24, 2.45) is 0 Å². The van der Waals surface area contributed by atoms with E-state index in [9.17, 15) is 9.50 Å². The molecule has 0 saturated carbocycles. The van der Waals surface area contributed by atoms with Gasteiger partial charge in [-0.25, -0.2) is 0 Å². The van der Waals surface area contributed by atoms with Gasteiger partial charge < -0.3 is 10.4 Å². The molecule has 3 heteroatoms. The summed E-state index contributed by atoms with van der Waals surface area (Å²) < 4.78 is 12.0. The Balaban J connectivity index is 1.85. The molecule has 0 spiro atoms. The van der Waals surface area contributed by atoms with E-state index in [0.29, 0.717) is 18.5 Å². The zero-order valence-electron chi connectivity index (χ0n) is 9.34. The van der Waals surface area contributed by atoms with Crippen molar-refractivity contribution in [1.29, 1.82) is 0 Å². The molecule has 2 N–H and O–H groups in total. The number of hydrogen-bond acceptors (Lipinski definition) is 2. The SMILES string of the molecule is OC1(CCCCF)CC2CCCC(C1)N2. The zero-order valence-corrected chi connectivity index (χ0v) is 9.34. The molecule has 0 aromatic heterocycles. The van der Waals surface area contributed by atoms with Gasteiger partial charge in [-0.1, -0.05) is 6.42 Å². The number of nitrogens with one attached hydrogen (secondary N) is 1. The Bertz CT molecular complexity index is 198. The van der Waals surface area contributed by atoms with Gasteiger partial charge in [0.25, 0.3) is 0 Å². The minimum Gasteiger partial charge on any atom is -0.390 e. The molecule has 0 radical (unpaired) electrons. The lowest BCUT2D eigenvalue weighted by Gasteiger charge is -2.45. The second-order valence-electron chi connectivity index (χ2n) is 5.27. The molecular weight excluding hydrogens is 193 g/mol. The third kappa shape index (κ3) is 2.91. The first kappa shape index (κ1) is 11.3. The van der Waals surface area contributed by atoms with Crippen LogP contribution in [-0.4, -0.2) is 29.5 Å². The summed E-state index contributed by atoms with van der Waals surface area (Å²) in [5.74, 6) is 0. The molecule has 2 unspecified atom stereocenters. The molecule has 2 atom stereocenters. The molecular formula is C12H22FNO. The van der Waals surface area contributed by atoms with Crippen LogP contribution in [0.3, 0.4) is 0 Å². The highest BCUT2D eigenvalue weighted by Gasteiger charge is 2.39. The Labute approximate surface area is 91.3 Å².